The largest absolute Gasteiger partial charge is 0.466 e. The lowest BCUT2D eigenvalue weighted by Crippen LogP contribution is -2.38. The molecule has 0 unspecified atom stereocenters. The molecule has 1 N–H and O–H groups in total. The molecule has 0 spiro atoms. The van der Waals surface area contributed by atoms with Gasteiger partial charge in [0.25, 0.3) is 0 Å². The minimum absolute atomic E-state index is 0.0188. The summed E-state index contributed by atoms with van der Waals surface area (Å²) in [5, 5.41) is 3.23. The summed E-state index contributed by atoms with van der Waals surface area (Å²) in [5.74, 6) is 0.684. The lowest BCUT2D eigenvalue weighted by atomic mass is 9.97. The Morgan fingerprint density at radius 3 is 2.73 bits per heavy atom. The topological polar surface area (TPSA) is 63.1 Å². The van der Waals surface area contributed by atoms with Gasteiger partial charge in [-0.3, -0.25) is 14.8 Å². The third-order valence-corrected chi connectivity index (χ3v) is 4.79. The molecular formula is C19H24N4O2S. The predicted octanol–water partition coefficient (Wildman–Crippen LogP) is 3.34. The average molecular weight is 372 g/mol. The van der Waals surface area contributed by atoms with E-state index in [0.29, 0.717) is 18.0 Å². The Morgan fingerprint density at radius 1 is 1.31 bits per heavy atom. The number of aromatic amines is 1. The average Bonchev–Trinajstić information content (AvgIpc) is 3.01. The van der Waals surface area contributed by atoms with Crippen molar-refractivity contribution in [3.05, 3.63) is 46.5 Å². The van der Waals surface area contributed by atoms with Crippen molar-refractivity contribution in [1.82, 2.24) is 19.7 Å². The van der Waals surface area contributed by atoms with Crippen LogP contribution >= 0.6 is 12.2 Å². The van der Waals surface area contributed by atoms with Gasteiger partial charge in [-0.2, -0.15) is 4.98 Å². The van der Waals surface area contributed by atoms with Crippen LogP contribution in [0.1, 0.15) is 31.2 Å². The summed E-state index contributed by atoms with van der Waals surface area (Å²) in [6.07, 6.45) is 5.57. The molecule has 0 bridgehead atoms. The number of ether oxygens (including phenoxy) is 1. The monoisotopic (exact) mass is 372 g/mol. The maximum atomic E-state index is 11.8. The number of esters is 1. The van der Waals surface area contributed by atoms with Crippen molar-refractivity contribution < 1.29 is 9.53 Å². The second-order valence-corrected chi connectivity index (χ2v) is 6.71. The van der Waals surface area contributed by atoms with Gasteiger partial charge in [0, 0.05) is 13.1 Å². The number of carbonyl (C=O) groups is 1. The lowest BCUT2D eigenvalue weighted by molar-refractivity contribution is -0.149. The first-order chi connectivity index (χ1) is 12.7. The maximum Gasteiger partial charge on any atom is 0.309 e. The Hall–Kier alpha value is -2.25. The highest BCUT2D eigenvalue weighted by Gasteiger charge is 2.26. The van der Waals surface area contributed by atoms with Gasteiger partial charge in [0.2, 0.25) is 4.77 Å². The number of nitrogens with zero attached hydrogens (tertiary/aromatic N) is 3. The zero-order chi connectivity index (χ0) is 18.4. The van der Waals surface area contributed by atoms with E-state index >= 15 is 0 Å². The minimum atomic E-state index is -0.0707. The molecule has 1 aromatic carbocycles. The molecule has 138 valence electrons. The van der Waals surface area contributed by atoms with Crippen molar-refractivity contribution in [1.29, 1.82) is 0 Å². The molecule has 0 radical (unpaired) electrons. The van der Waals surface area contributed by atoms with Gasteiger partial charge in [-0.05, 0) is 43.6 Å². The third-order valence-electron chi connectivity index (χ3n) is 4.48. The van der Waals surface area contributed by atoms with Crippen LogP contribution in [0.5, 0.6) is 0 Å². The van der Waals surface area contributed by atoms with Crippen LogP contribution in [0, 0.1) is 10.7 Å². The first-order valence-electron chi connectivity index (χ1n) is 8.94. The molecular weight excluding hydrogens is 348 g/mol. The van der Waals surface area contributed by atoms with Crippen molar-refractivity contribution in [2.75, 3.05) is 19.7 Å². The van der Waals surface area contributed by atoms with Crippen LogP contribution in [0.3, 0.4) is 0 Å². The van der Waals surface area contributed by atoms with Gasteiger partial charge < -0.3 is 4.74 Å². The predicted molar refractivity (Wildman–Crippen MR) is 104 cm³/mol. The van der Waals surface area contributed by atoms with Gasteiger partial charge in [0.1, 0.15) is 5.82 Å². The van der Waals surface area contributed by atoms with E-state index < -0.39 is 0 Å². The number of likely N-dealkylation sites (tertiary alicyclic amines) is 1. The second kappa shape index (κ2) is 8.91. The SMILES string of the molecule is CCOC(=O)C1CCN(Cn2[nH]c(/C=C/c3ccccc3)nc2=S)CC1. The van der Waals surface area contributed by atoms with Crippen LogP contribution in [0.4, 0.5) is 0 Å². The summed E-state index contributed by atoms with van der Waals surface area (Å²) < 4.78 is 7.52. The number of hydrogen-bond donors (Lipinski definition) is 1. The number of benzene rings is 1. The Morgan fingerprint density at radius 2 is 2.04 bits per heavy atom. The van der Waals surface area contributed by atoms with Crippen LogP contribution in [0.2, 0.25) is 0 Å². The third kappa shape index (κ3) is 4.89. The summed E-state index contributed by atoms with van der Waals surface area (Å²) in [6.45, 7) is 4.64. The molecule has 0 saturated carbocycles. The Kier molecular flexibility index (Phi) is 6.35. The van der Waals surface area contributed by atoms with E-state index in [1.165, 1.54) is 0 Å². The number of H-pyrrole nitrogens is 1. The number of piperidine rings is 1. The normalized spacial score (nSPS) is 16.2. The highest BCUT2D eigenvalue weighted by molar-refractivity contribution is 7.71. The van der Waals surface area contributed by atoms with Gasteiger partial charge in [0.05, 0.1) is 19.2 Å². The van der Waals surface area contributed by atoms with E-state index in [9.17, 15) is 4.79 Å². The molecule has 3 rings (SSSR count). The fourth-order valence-electron chi connectivity index (χ4n) is 3.05. The fourth-order valence-corrected chi connectivity index (χ4v) is 3.26. The highest BCUT2D eigenvalue weighted by atomic mass is 32.1. The van der Waals surface area contributed by atoms with Crippen molar-refractivity contribution >= 4 is 30.3 Å². The molecule has 2 aromatic rings. The maximum absolute atomic E-state index is 11.8. The summed E-state index contributed by atoms with van der Waals surface area (Å²) in [6, 6.07) is 10.1. The molecule has 26 heavy (non-hydrogen) atoms. The zero-order valence-electron chi connectivity index (χ0n) is 14.9. The molecule has 0 amide bonds. The van der Waals surface area contributed by atoms with E-state index in [0.717, 1.165) is 37.3 Å². The molecule has 0 atom stereocenters. The molecule has 1 aliphatic rings. The van der Waals surface area contributed by atoms with E-state index in [4.69, 9.17) is 17.0 Å². The van der Waals surface area contributed by atoms with Gasteiger partial charge >= 0.3 is 5.97 Å². The van der Waals surface area contributed by atoms with Gasteiger partial charge in [0.15, 0.2) is 0 Å². The molecule has 1 fully saturated rings. The molecule has 2 heterocycles. The summed E-state index contributed by atoms with van der Waals surface area (Å²) in [7, 11) is 0. The lowest BCUT2D eigenvalue weighted by Gasteiger charge is -2.30. The molecule has 1 aromatic heterocycles. The van der Waals surface area contributed by atoms with Crippen LogP contribution in [0.25, 0.3) is 12.2 Å². The second-order valence-electron chi connectivity index (χ2n) is 6.35. The number of hydrogen-bond acceptors (Lipinski definition) is 5. The Labute approximate surface area is 158 Å². The van der Waals surface area contributed by atoms with Crippen LogP contribution in [-0.2, 0) is 16.2 Å². The van der Waals surface area contributed by atoms with Gasteiger partial charge in [-0.1, -0.05) is 36.4 Å². The van der Waals surface area contributed by atoms with E-state index in [-0.39, 0.29) is 11.9 Å². The van der Waals surface area contributed by atoms with Crippen LogP contribution < -0.4 is 0 Å². The molecule has 1 saturated heterocycles. The Balaban J connectivity index is 1.56. The summed E-state index contributed by atoms with van der Waals surface area (Å²) in [4.78, 5) is 18.5. The molecule has 0 aliphatic carbocycles. The van der Waals surface area contributed by atoms with Crippen molar-refractivity contribution in [2.24, 2.45) is 5.92 Å². The minimum Gasteiger partial charge on any atom is -0.466 e. The van der Waals surface area contributed by atoms with Gasteiger partial charge in [-0.25, -0.2) is 4.68 Å². The smallest absolute Gasteiger partial charge is 0.309 e. The van der Waals surface area contributed by atoms with Crippen molar-refractivity contribution in [2.45, 2.75) is 26.4 Å². The standard InChI is InChI=1S/C19H24N4O2S/c1-2-25-18(24)16-10-12-22(13-11-16)14-23-19(26)20-17(21-23)9-8-15-6-4-3-5-7-15/h3-9,16H,2,10-14H2,1H3,(H,20,21,26)/b9-8+. The van der Waals surface area contributed by atoms with Crippen LogP contribution in [-0.4, -0.2) is 45.3 Å². The number of rotatable bonds is 6. The van der Waals surface area contributed by atoms with Crippen molar-refractivity contribution in [3.8, 4) is 0 Å². The number of nitrogens with one attached hydrogen (secondary N) is 1. The van der Waals surface area contributed by atoms with E-state index in [2.05, 4.69) is 15.0 Å². The zero-order valence-corrected chi connectivity index (χ0v) is 15.7. The molecule has 7 heteroatoms. The van der Waals surface area contributed by atoms with Crippen molar-refractivity contribution in [3.63, 3.8) is 0 Å². The molecule has 1 aliphatic heterocycles. The molecule has 6 nitrogen and oxygen atoms in total. The van der Waals surface area contributed by atoms with E-state index in [1.807, 2.05) is 54.1 Å². The fraction of sp³-hybridized carbons (Fsp3) is 0.421. The summed E-state index contributed by atoms with van der Waals surface area (Å²) >= 11 is 5.36. The van der Waals surface area contributed by atoms with Gasteiger partial charge in [-0.15, -0.1) is 0 Å². The van der Waals surface area contributed by atoms with Crippen LogP contribution in [0.15, 0.2) is 30.3 Å². The van der Waals surface area contributed by atoms with E-state index in [1.54, 1.807) is 0 Å². The highest BCUT2D eigenvalue weighted by Crippen LogP contribution is 2.19. The first kappa shape index (κ1) is 18.5. The first-order valence-corrected chi connectivity index (χ1v) is 9.35. The number of aromatic nitrogens is 3. The quantitative estimate of drug-likeness (QED) is 0.622. The number of carbonyl (C=O) groups excluding carboxylic acids is 1. The summed E-state index contributed by atoms with van der Waals surface area (Å²) in [5.41, 5.74) is 1.11. The Bertz CT molecular complexity index is 804.